The highest BCUT2D eigenvalue weighted by Gasteiger charge is 2.14. The van der Waals surface area contributed by atoms with Crippen molar-refractivity contribution in [1.29, 1.82) is 5.26 Å². The summed E-state index contributed by atoms with van der Waals surface area (Å²) in [5.41, 5.74) is 3.45. The number of nitrogens with zero attached hydrogens (tertiary/aromatic N) is 1. The number of para-hydroxylation sites is 1. The highest BCUT2D eigenvalue weighted by Crippen LogP contribution is 2.23. The largest absolute Gasteiger partial charge is 0.422 e. The molecule has 0 saturated heterocycles. The summed E-state index contributed by atoms with van der Waals surface area (Å²) in [5, 5.41) is 12.2. The molecule has 5 nitrogen and oxygen atoms in total. The van der Waals surface area contributed by atoms with Gasteiger partial charge in [0.15, 0.2) is 0 Å². The molecule has 0 radical (unpaired) electrons. The highest BCUT2D eigenvalue weighted by atomic mass is 16.5. The van der Waals surface area contributed by atoms with Crippen molar-refractivity contribution >= 4 is 23.6 Å². The van der Waals surface area contributed by atoms with Gasteiger partial charge in [-0.1, -0.05) is 53.6 Å². The number of rotatable bonds is 5. The normalized spacial score (nSPS) is 10.8. The quantitative estimate of drug-likeness (QED) is 0.283. The molecule has 3 rings (SSSR count). The molecule has 5 heteroatoms. The number of nitrogens with one attached hydrogen (secondary N) is 1. The van der Waals surface area contributed by atoms with Gasteiger partial charge in [0, 0.05) is 11.3 Å². The molecule has 0 spiro atoms. The van der Waals surface area contributed by atoms with Crippen LogP contribution in [0.3, 0.4) is 0 Å². The lowest BCUT2D eigenvalue weighted by atomic mass is 10.1. The average Bonchev–Trinajstić information content (AvgIpc) is 2.75. The van der Waals surface area contributed by atoms with Crippen LogP contribution in [0.15, 0.2) is 78.4 Å². The molecule has 30 heavy (non-hydrogen) atoms. The molecule has 148 valence electrons. The number of esters is 1. The zero-order valence-corrected chi connectivity index (χ0v) is 16.7. The van der Waals surface area contributed by atoms with Gasteiger partial charge in [-0.25, -0.2) is 4.79 Å². The number of carbonyl (C=O) groups excluding carboxylic acids is 2. The molecular formula is C25H20N2O3. The Morgan fingerprint density at radius 2 is 1.50 bits per heavy atom. The number of hydrogen-bond acceptors (Lipinski definition) is 4. The molecule has 0 unspecified atom stereocenters. The van der Waals surface area contributed by atoms with Crippen molar-refractivity contribution < 1.29 is 14.3 Å². The SMILES string of the molecule is Cc1ccc(NC(=O)/C(C#N)=C/c2ccccc2OC(=O)c2ccc(C)cc2)cc1. The van der Waals surface area contributed by atoms with Crippen LogP contribution in [0.2, 0.25) is 0 Å². The molecular weight excluding hydrogens is 376 g/mol. The Kier molecular flexibility index (Phi) is 6.41. The fraction of sp³-hybridized carbons (Fsp3) is 0.0800. The van der Waals surface area contributed by atoms with Crippen LogP contribution in [0.1, 0.15) is 27.0 Å². The van der Waals surface area contributed by atoms with Crippen LogP contribution in [0.4, 0.5) is 5.69 Å². The second kappa shape index (κ2) is 9.35. The second-order valence-electron chi connectivity index (χ2n) is 6.78. The number of ether oxygens (including phenoxy) is 1. The van der Waals surface area contributed by atoms with E-state index in [1.54, 1.807) is 48.5 Å². The van der Waals surface area contributed by atoms with Gasteiger partial charge < -0.3 is 10.1 Å². The summed E-state index contributed by atoms with van der Waals surface area (Å²) in [6.07, 6.45) is 1.40. The minimum absolute atomic E-state index is 0.102. The van der Waals surface area contributed by atoms with E-state index in [1.807, 2.05) is 44.2 Å². The van der Waals surface area contributed by atoms with E-state index in [-0.39, 0.29) is 11.3 Å². The first-order chi connectivity index (χ1) is 14.5. The van der Waals surface area contributed by atoms with E-state index in [0.29, 0.717) is 16.8 Å². The van der Waals surface area contributed by atoms with Gasteiger partial charge in [-0.3, -0.25) is 4.79 Å². The third-order valence-electron chi connectivity index (χ3n) is 4.38. The minimum atomic E-state index is -0.541. The standard InChI is InChI=1S/C25H20N2O3/c1-17-7-11-19(12-8-17)25(29)30-23-6-4-3-5-20(23)15-21(16-26)24(28)27-22-13-9-18(2)10-14-22/h3-15H,1-2H3,(H,27,28)/b21-15+. The Hall–Kier alpha value is -4.17. The van der Waals surface area contributed by atoms with Crippen molar-refractivity contribution in [1.82, 2.24) is 0 Å². The van der Waals surface area contributed by atoms with Crippen molar-refractivity contribution in [3.05, 3.63) is 101 Å². The average molecular weight is 396 g/mol. The van der Waals surface area contributed by atoms with Crippen LogP contribution in [-0.4, -0.2) is 11.9 Å². The number of anilines is 1. The Balaban J connectivity index is 1.82. The first kappa shape index (κ1) is 20.6. The van der Waals surface area contributed by atoms with Crippen molar-refractivity contribution in [2.75, 3.05) is 5.32 Å². The number of hydrogen-bond donors (Lipinski definition) is 1. The van der Waals surface area contributed by atoms with Gasteiger partial charge in [0.25, 0.3) is 5.91 Å². The second-order valence-corrected chi connectivity index (χ2v) is 6.78. The molecule has 0 heterocycles. The number of aryl methyl sites for hydroxylation is 2. The third kappa shape index (κ3) is 5.21. The predicted octanol–water partition coefficient (Wildman–Crippen LogP) is 5.07. The Morgan fingerprint density at radius 1 is 0.900 bits per heavy atom. The number of amides is 1. The molecule has 3 aromatic rings. The molecule has 0 aliphatic carbocycles. The van der Waals surface area contributed by atoms with Crippen LogP contribution in [0, 0.1) is 25.2 Å². The van der Waals surface area contributed by atoms with Crippen molar-refractivity contribution in [3.8, 4) is 11.8 Å². The van der Waals surface area contributed by atoms with Gasteiger partial charge in [-0.15, -0.1) is 0 Å². The molecule has 0 aliphatic rings. The fourth-order valence-electron chi connectivity index (χ4n) is 2.68. The van der Waals surface area contributed by atoms with E-state index in [9.17, 15) is 14.9 Å². The van der Waals surface area contributed by atoms with Crippen LogP contribution >= 0.6 is 0 Å². The van der Waals surface area contributed by atoms with Crippen LogP contribution in [0.25, 0.3) is 6.08 Å². The summed E-state index contributed by atoms with van der Waals surface area (Å²) in [4.78, 5) is 25.0. The minimum Gasteiger partial charge on any atom is -0.422 e. The Morgan fingerprint density at radius 3 is 2.13 bits per heavy atom. The molecule has 3 aromatic carbocycles. The molecule has 0 fully saturated rings. The fourth-order valence-corrected chi connectivity index (χ4v) is 2.68. The number of benzene rings is 3. The number of carbonyl (C=O) groups is 2. The lowest BCUT2D eigenvalue weighted by Gasteiger charge is -2.09. The molecule has 1 N–H and O–H groups in total. The van der Waals surface area contributed by atoms with Crippen LogP contribution < -0.4 is 10.1 Å². The zero-order chi connectivity index (χ0) is 21.5. The molecule has 0 aromatic heterocycles. The summed E-state index contributed by atoms with van der Waals surface area (Å²) in [5.74, 6) is -0.793. The van der Waals surface area contributed by atoms with Gasteiger partial charge in [-0.05, 0) is 50.3 Å². The van der Waals surface area contributed by atoms with E-state index < -0.39 is 11.9 Å². The van der Waals surface area contributed by atoms with Gasteiger partial charge in [-0.2, -0.15) is 5.26 Å². The maximum absolute atomic E-state index is 12.5. The van der Waals surface area contributed by atoms with E-state index in [1.165, 1.54) is 6.08 Å². The smallest absolute Gasteiger partial charge is 0.343 e. The maximum Gasteiger partial charge on any atom is 0.343 e. The molecule has 1 amide bonds. The maximum atomic E-state index is 12.5. The van der Waals surface area contributed by atoms with E-state index in [0.717, 1.165) is 11.1 Å². The predicted molar refractivity (Wildman–Crippen MR) is 116 cm³/mol. The van der Waals surface area contributed by atoms with E-state index in [2.05, 4.69) is 5.32 Å². The van der Waals surface area contributed by atoms with Crippen LogP contribution in [0.5, 0.6) is 5.75 Å². The van der Waals surface area contributed by atoms with Gasteiger partial charge in [0.2, 0.25) is 0 Å². The zero-order valence-electron chi connectivity index (χ0n) is 16.7. The first-order valence-corrected chi connectivity index (χ1v) is 9.34. The molecule has 0 aliphatic heterocycles. The lowest BCUT2D eigenvalue weighted by molar-refractivity contribution is -0.112. The Labute approximate surface area is 175 Å². The van der Waals surface area contributed by atoms with Gasteiger partial charge >= 0.3 is 5.97 Å². The van der Waals surface area contributed by atoms with Crippen molar-refractivity contribution in [2.45, 2.75) is 13.8 Å². The highest BCUT2D eigenvalue weighted by molar-refractivity contribution is 6.09. The van der Waals surface area contributed by atoms with Crippen molar-refractivity contribution in [2.24, 2.45) is 0 Å². The van der Waals surface area contributed by atoms with E-state index in [4.69, 9.17) is 4.74 Å². The summed E-state index contributed by atoms with van der Waals surface area (Å²) in [6, 6.07) is 22.9. The van der Waals surface area contributed by atoms with Crippen LogP contribution in [-0.2, 0) is 4.79 Å². The first-order valence-electron chi connectivity index (χ1n) is 9.34. The Bertz CT molecular complexity index is 1140. The lowest BCUT2D eigenvalue weighted by Crippen LogP contribution is -2.13. The van der Waals surface area contributed by atoms with Gasteiger partial charge in [0.1, 0.15) is 17.4 Å². The monoisotopic (exact) mass is 396 g/mol. The number of nitriles is 1. The molecule has 0 atom stereocenters. The van der Waals surface area contributed by atoms with Gasteiger partial charge in [0.05, 0.1) is 5.56 Å². The summed E-state index contributed by atoms with van der Waals surface area (Å²) in [7, 11) is 0. The van der Waals surface area contributed by atoms with Crippen molar-refractivity contribution in [3.63, 3.8) is 0 Å². The summed E-state index contributed by atoms with van der Waals surface area (Å²) >= 11 is 0. The third-order valence-corrected chi connectivity index (χ3v) is 4.38. The topological polar surface area (TPSA) is 79.2 Å². The summed E-state index contributed by atoms with van der Waals surface area (Å²) < 4.78 is 5.50. The summed E-state index contributed by atoms with van der Waals surface area (Å²) in [6.45, 7) is 3.88. The molecule has 0 saturated carbocycles. The van der Waals surface area contributed by atoms with E-state index >= 15 is 0 Å². The molecule has 0 bridgehead atoms.